The van der Waals surface area contributed by atoms with Crippen LogP contribution in [0.4, 0.5) is 5.69 Å². The lowest BCUT2D eigenvalue weighted by molar-refractivity contribution is 0.174. The van der Waals surface area contributed by atoms with E-state index in [0.717, 1.165) is 39.4 Å². The van der Waals surface area contributed by atoms with Gasteiger partial charge in [0.1, 0.15) is 5.52 Å². The van der Waals surface area contributed by atoms with Crippen molar-refractivity contribution in [3.05, 3.63) is 71.8 Å². The first-order valence-corrected chi connectivity index (χ1v) is 8.85. The van der Waals surface area contributed by atoms with Gasteiger partial charge in [-0.3, -0.25) is 0 Å². The molecular weight excluding hydrogens is 340 g/mol. The zero-order valence-corrected chi connectivity index (χ0v) is 14.9. The standard InChI is InChI=1S/C22H18N2O3/c1-14-2-5-16(6-3-14)22-24-18-11-17(7-9-19(18)27-22)23-12-15-4-8-20-21(10-15)26-13-25-20/h2-11,23H,12-13H2,1H3. The highest BCUT2D eigenvalue weighted by Crippen LogP contribution is 2.33. The van der Waals surface area contributed by atoms with Crippen LogP contribution in [0.25, 0.3) is 22.6 Å². The van der Waals surface area contributed by atoms with E-state index in [1.54, 1.807) is 0 Å². The van der Waals surface area contributed by atoms with E-state index in [4.69, 9.17) is 13.9 Å². The van der Waals surface area contributed by atoms with Crippen LogP contribution in [-0.4, -0.2) is 11.8 Å². The number of fused-ring (bicyclic) bond motifs is 2. The average Bonchev–Trinajstić information content (AvgIpc) is 3.32. The average molecular weight is 358 g/mol. The van der Waals surface area contributed by atoms with Gasteiger partial charge < -0.3 is 19.2 Å². The number of ether oxygens (including phenoxy) is 2. The molecule has 5 heteroatoms. The van der Waals surface area contributed by atoms with Crippen molar-refractivity contribution in [3.8, 4) is 23.0 Å². The molecule has 0 unspecified atom stereocenters. The maximum Gasteiger partial charge on any atom is 0.231 e. The number of rotatable bonds is 4. The molecule has 134 valence electrons. The fourth-order valence-electron chi connectivity index (χ4n) is 3.11. The molecule has 0 aliphatic carbocycles. The van der Waals surface area contributed by atoms with Gasteiger partial charge in [0.2, 0.25) is 12.7 Å². The van der Waals surface area contributed by atoms with Gasteiger partial charge in [0.05, 0.1) is 0 Å². The third-order valence-electron chi connectivity index (χ3n) is 4.62. The Morgan fingerprint density at radius 1 is 0.926 bits per heavy atom. The number of anilines is 1. The van der Waals surface area contributed by atoms with E-state index in [0.29, 0.717) is 19.2 Å². The van der Waals surface area contributed by atoms with Gasteiger partial charge >= 0.3 is 0 Å². The number of nitrogens with one attached hydrogen (secondary N) is 1. The van der Waals surface area contributed by atoms with Crippen molar-refractivity contribution in [2.75, 3.05) is 12.1 Å². The predicted molar refractivity (Wildman–Crippen MR) is 104 cm³/mol. The van der Waals surface area contributed by atoms with Crippen molar-refractivity contribution in [1.82, 2.24) is 4.98 Å². The highest BCUT2D eigenvalue weighted by atomic mass is 16.7. The van der Waals surface area contributed by atoms with Gasteiger partial charge in [-0.05, 0) is 55.0 Å². The Morgan fingerprint density at radius 3 is 2.67 bits per heavy atom. The molecule has 27 heavy (non-hydrogen) atoms. The Balaban J connectivity index is 1.36. The molecule has 0 bridgehead atoms. The highest BCUT2D eigenvalue weighted by molar-refractivity contribution is 5.80. The smallest absolute Gasteiger partial charge is 0.231 e. The number of nitrogens with zero attached hydrogens (tertiary/aromatic N) is 1. The van der Waals surface area contributed by atoms with Crippen LogP contribution in [0.3, 0.4) is 0 Å². The lowest BCUT2D eigenvalue weighted by Gasteiger charge is -2.07. The Labute approximate surface area is 156 Å². The van der Waals surface area contributed by atoms with E-state index < -0.39 is 0 Å². The Morgan fingerprint density at radius 2 is 1.78 bits per heavy atom. The van der Waals surface area contributed by atoms with E-state index in [1.807, 2.05) is 48.5 Å². The van der Waals surface area contributed by atoms with E-state index >= 15 is 0 Å². The number of aromatic nitrogens is 1. The molecule has 5 nitrogen and oxygen atoms in total. The second-order valence-electron chi connectivity index (χ2n) is 6.61. The monoisotopic (exact) mass is 358 g/mol. The molecule has 1 aromatic heterocycles. The summed E-state index contributed by atoms with van der Waals surface area (Å²) in [5.41, 5.74) is 5.92. The minimum atomic E-state index is 0.290. The lowest BCUT2D eigenvalue weighted by atomic mass is 10.1. The first-order valence-electron chi connectivity index (χ1n) is 8.85. The van der Waals surface area contributed by atoms with Crippen LogP contribution in [-0.2, 0) is 6.54 Å². The molecule has 2 heterocycles. The van der Waals surface area contributed by atoms with Gasteiger partial charge in [-0.15, -0.1) is 0 Å². The number of oxazole rings is 1. The number of aryl methyl sites for hydroxylation is 1. The summed E-state index contributed by atoms with van der Waals surface area (Å²) in [6, 6.07) is 20.1. The van der Waals surface area contributed by atoms with E-state index in [9.17, 15) is 0 Å². The largest absolute Gasteiger partial charge is 0.454 e. The molecule has 0 spiro atoms. The van der Waals surface area contributed by atoms with Crippen LogP contribution >= 0.6 is 0 Å². The normalized spacial score (nSPS) is 12.5. The van der Waals surface area contributed by atoms with E-state index in [2.05, 4.69) is 29.4 Å². The summed E-state index contributed by atoms with van der Waals surface area (Å²) < 4.78 is 16.7. The Bertz CT molecular complexity index is 1120. The van der Waals surface area contributed by atoms with E-state index in [-0.39, 0.29) is 0 Å². The number of hydrogen-bond donors (Lipinski definition) is 1. The lowest BCUT2D eigenvalue weighted by Crippen LogP contribution is -1.99. The molecule has 5 rings (SSSR count). The summed E-state index contributed by atoms with van der Waals surface area (Å²) in [6.45, 7) is 3.04. The van der Waals surface area contributed by atoms with Gasteiger partial charge in [-0.1, -0.05) is 23.8 Å². The summed E-state index contributed by atoms with van der Waals surface area (Å²) >= 11 is 0. The molecule has 1 aliphatic heterocycles. The SMILES string of the molecule is Cc1ccc(-c2nc3cc(NCc4ccc5c(c4)OCO5)ccc3o2)cc1. The zero-order valence-electron chi connectivity index (χ0n) is 14.9. The van der Waals surface area contributed by atoms with Crippen molar-refractivity contribution >= 4 is 16.8 Å². The van der Waals surface area contributed by atoms with Crippen LogP contribution < -0.4 is 14.8 Å². The summed E-state index contributed by atoms with van der Waals surface area (Å²) in [5.74, 6) is 2.23. The second kappa shape index (κ2) is 6.36. The number of hydrogen-bond acceptors (Lipinski definition) is 5. The molecule has 3 aromatic carbocycles. The van der Waals surface area contributed by atoms with Crippen molar-refractivity contribution in [2.24, 2.45) is 0 Å². The van der Waals surface area contributed by atoms with Crippen LogP contribution in [0.5, 0.6) is 11.5 Å². The summed E-state index contributed by atoms with van der Waals surface area (Å²) in [4.78, 5) is 4.63. The first kappa shape index (κ1) is 15.8. The molecule has 0 fully saturated rings. The molecule has 4 aromatic rings. The predicted octanol–water partition coefficient (Wildman–Crippen LogP) is 5.14. The maximum absolute atomic E-state index is 5.89. The minimum Gasteiger partial charge on any atom is -0.454 e. The van der Waals surface area contributed by atoms with E-state index in [1.165, 1.54) is 5.56 Å². The quantitative estimate of drug-likeness (QED) is 0.547. The second-order valence-corrected chi connectivity index (χ2v) is 6.61. The molecule has 0 radical (unpaired) electrons. The van der Waals surface area contributed by atoms with Crippen LogP contribution in [0, 0.1) is 6.92 Å². The highest BCUT2D eigenvalue weighted by Gasteiger charge is 2.13. The van der Waals surface area contributed by atoms with Crippen molar-refractivity contribution < 1.29 is 13.9 Å². The van der Waals surface area contributed by atoms with Crippen LogP contribution in [0.2, 0.25) is 0 Å². The molecule has 0 atom stereocenters. The summed E-state index contributed by atoms with van der Waals surface area (Å²) in [6.07, 6.45) is 0. The first-order chi connectivity index (χ1) is 13.2. The molecule has 0 saturated carbocycles. The third kappa shape index (κ3) is 3.08. The Kier molecular flexibility index (Phi) is 3.71. The van der Waals surface area contributed by atoms with Gasteiger partial charge in [0.25, 0.3) is 0 Å². The topological polar surface area (TPSA) is 56.5 Å². The fourth-order valence-corrected chi connectivity index (χ4v) is 3.11. The molecule has 1 aliphatic rings. The van der Waals surface area contributed by atoms with Crippen LogP contribution in [0.15, 0.2) is 65.1 Å². The van der Waals surface area contributed by atoms with Gasteiger partial charge in [0, 0.05) is 17.8 Å². The maximum atomic E-state index is 5.89. The molecule has 0 saturated heterocycles. The molecular formula is C22H18N2O3. The molecule has 1 N–H and O–H groups in total. The van der Waals surface area contributed by atoms with Gasteiger partial charge in [-0.25, -0.2) is 4.98 Å². The zero-order chi connectivity index (χ0) is 18.2. The summed E-state index contributed by atoms with van der Waals surface area (Å²) in [5, 5.41) is 3.42. The van der Waals surface area contributed by atoms with Crippen molar-refractivity contribution in [2.45, 2.75) is 13.5 Å². The van der Waals surface area contributed by atoms with Gasteiger partial charge in [-0.2, -0.15) is 0 Å². The van der Waals surface area contributed by atoms with Crippen molar-refractivity contribution in [3.63, 3.8) is 0 Å². The summed E-state index contributed by atoms with van der Waals surface area (Å²) in [7, 11) is 0. The van der Waals surface area contributed by atoms with Crippen LogP contribution in [0.1, 0.15) is 11.1 Å². The molecule has 0 amide bonds. The number of benzene rings is 3. The van der Waals surface area contributed by atoms with Crippen molar-refractivity contribution in [1.29, 1.82) is 0 Å². The third-order valence-corrected chi connectivity index (χ3v) is 4.62. The minimum absolute atomic E-state index is 0.290. The Hall–Kier alpha value is -3.47. The fraction of sp³-hybridized carbons (Fsp3) is 0.136. The van der Waals surface area contributed by atoms with Gasteiger partial charge in [0.15, 0.2) is 17.1 Å².